The Morgan fingerprint density at radius 3 is 2.67 bits per heavy atom. The normalized spacial score (nSPS) is 10.3. The van der Waals surface area contributed by atoms with Crippen LogP contribution in [-0.2, 0) is 6.42 Å². The zero-order valence-electron chi connectivity index (χ0n) is 13.6. The number of amides is 2. The van der Waals surface area contributed by atoms with Gasteiger partial charge in [0.2, 0.25) is 0 Å². The van der Waals surface area contributed by atoms with E-state index in [1.165, 1.54) is 13.1 Å². The van der Waals surface area contributed by atoms with Gasteiger partial charge in [-0.3, -0.25) is 9.59 Å². The van der Waals surface area contributed by atoms with E-state index in [1.54, 1.807) is 0 Å². The van der Waals surface area contributed by atoms with Gasteiger partial charge in [0.1, 0.15) is 11.4 Å². The van der Waals surface area contributed by atoms with Gasteiger partial charge in [0.15, 0.2) is 5.75 Å². The highest BCUT2D eigenvalue weighted by Crippen LogP contribution is 2.21. The van der Waals surface area contributed by atoms with Crippen LogP contribution in [0.5, 0.6) is 5.75 Å². The van der Waals surface area contributed by atoms with Gasteiger partial charge in [0, 0.05) is 31.1 Å². The zero-order chi connectivity index (χ0) is 17.5. The van der Waals surface area contributed by atoms with Crippen molar-refractivity contribution in [1.29, 1.82) is 0 Å². The van der Waals surface area contributed by atoms with Crippen molar-refractivity contribution in [1.82, 2.24) is 15.6 Å². The molecule has 128 valence electrons. The quantitative estimate of drug-likeness (QED) is 0.717. The van der Waals surface area contributed by atoms with Crippen LogP contribution in [0.15, 0.2) is 30.3 Å². The molecule has 2 aromatic rings. The minimum Gasteiger partial charge on any atom is -0.491 e. The third-order valence-electron chi connectivity index (χ3n) is 3.40. The van der Waals surface area contributed by atoms with E-state index < -0.39 is 0 Å². The molecule has 0 saturated heterocycles. The highest BCUT2D eigenvalue weighted by molar-refractivity contribution is 6.31. The highest BCUT2D eigenvalue weighted by Gasteiger charge is 2.19. The number of aromatic nitrogens is 1. The maximum Gasteiger partial charge on any atom is 0.271 e. The van der Waals surface area contributed by atoms with E-state index >= 15 is 0 Å². The maximum absolute atomic E-state index is 11.9. The van der Waals surface area contributed by atoms with Crippen molar-refractivity contribution in [2.75, 3.05) is 20.2 Å². The van der Waals surface area contributed by atoms with Gasteiger partial charge in [-0.2, -0.15) is 0 Å². The molecule has 0 radical (unpaired) electrons. The SMILES string of the molecule is CCNC(=O)c1cc(OCCc2ccccc2Cl)c(C(=O)NC)[nH]1. The summed E-state index contributed by atoms with van der Waals surface area (Å²) in [4.78, 5) is 26.7. The summed E-state index contributed by atoms with van der Waals surface area (Å²) in [5, 5.41) is 5.86. The summed E-state index contributed by atoms with van der Waals surface area (Å²) < 4.78 is 5.70. The average Bonchev–Trinajstić information content (AvgIpc) is 3.00. The highest BCUT2D eigenvalue weighted by atomic mass is 35.5. The Hall–Kier alpha value is -2.47. The number of aromatic amines is 1. The molecule has 0 bridgehead atoms. The molecule has 7 heteroatoms. The van der Waals surface area contributed by atoms with Crippen molar-refractivity contribution in [3.63, 3.8) is 0 Å². The topological polar surface area (TPSA) is 83.2 Å². The molecule has 0 saturated carbocycles. The summed E-state index contributed by atoms with van der Waals surface area (Å²) in [6.45, 7) is 2.65. The summed E-state index contributed by atoms with van der Waals surface area (Å²) in [7, 11) is 1.52. The number of carbonyl (C=O) groups excluding carboxylic acids is 2. The molecule has 1 aromatic carbocycles. The van der Waals surface area contributed by atoms with E-state index in [1.807, 2.05) is 31.2 Å². The molecule has 2 rings (SSSR count). The van der Waals surface area contributed by atoms with Crippen molar-refractivity contribution >= 4 is 23.4 Å². The number of halogens is 1. The maximum atomic E-state index is 11.9. The largest absolute Gasteiger partial charge is 0.491 e. The standard InChI is InChI=1S/C17H20ClN3O3/c1-3-20-16(22)13-10-14(15(21-13)17(23)19-2)24-9-8-11-6-4-5-7-12(11)18/h4-7,10,21H,3,8-9H2,1-2H3,(H,19,23)(H,20,22). The van der Waals surface area contributed by atoms with Crippen LogP contribution in [0.2, 0.25) is 5.02 Å². The van der Waals surface area contributed by atoms with Gasteiger partial charge in [-0.05, 0) is 18.6 Å². The predicted molar refractivity (Wildman–Crippen MR) is 92.8 cm³/mol. The second-order valence-electron chi connectivity index (χ2n) is 5.05. The van der Waals surface area contributed by atoms with Crippen molar-refractivity contribution in [2.24, 2.45) is 0 Å². The molecule has 0 spiro atoms. The molecule has 2 amide bonds. The number of ether oxygens (including phenoxy) is 1. The number of nitrogens with one attached hydrogen (secondary N) is 3. The summed E-state index contributed by atoms with van der Waals surface area (Å²) in [5.41, 5.74) is 1.46. The Morgan fingerprint density at radius 1 is 1.25 bits per heavy atom. The first kappa shape index (κ1) is 17.9. The zero-order valence-corrected chi connectivity index (χ0v) is 14.4. The number of carbonyl (C=O) groups is 2. The fourth-order valence-corrected chi connectivity index (χ4v) is 2.42. The van der Waals surface area contributed by atoms with E-state index in [0.29, 0.717) is 30.3 Å². The summed E-state index contributed by atoms with van der Waals surface area (Å²) in [5.74, 6) is -0.301. The van der Waals surface area contributed by atoms with E-state index in [-0.39, 0.29) is 23.2 Å². The van der Waals surface area contributed by atoms with Crippen molar-refractivity contribution < 1.29 is 14.3 Å². The first-order valence-corrected chi connectivity index (χ1v) is 8.04. The fraction of sp³-hybridized carbons (Fsp3) is 0.294. The fourth-order valence-electron chi connectivity index (χ4n) is 2.19. The minimum absolute atomic E-state index is 0.220. The summed E-state index contributed by atoms with van der Waals surface area (Å²) in [6.07, 6.45) is 0.592. The van der Waals surface area contributed by atoms with Crippen LogP contribution < -0.4 is 15.4 Å². The average molecular weight is 350 g/mol. The van der Waals surface area contributed by atoms with Crippen molar-refractivity contribution in [2.45, 2.75) is 13.3 Å². The molecule has 0 aliphatic carbocycles. The van der Waals surface area contributed by atoms with Crippen LogP contribution in [0.25, 0.3) is 0 Å². The molecule has 1 aromatic heterocycles. The van der Waals surface area contributed by atoms with Gasteiger partial charge in [-0.15, -0.1) is 0 Å². The van der Waals surface area contributed by atoms with Crippen LogP contribution in [-0.4, -0.2) is 37.0 Å². The van der Waals surface area contributed by atoms with E-state index in [9.17, 15) is 9.59 Å². The molecule has 0 aliphatic rings. The molecule has 0 atom stereocenters. The molecule has 1 heterocycles. The smallest absolute Gasteiger partial charge is 0.271 e. The van der Waals surface area contributed by atoms with Gasteiger partial charge in [0.05, 0.1) is 6.61 Å². The van der Waals surface area contributed by atoms with Crippen molar-refractivity contribution in [3.05, 3.63) is 52.3 Å². The number of benzene rings is 1. The molecule has 0 aliphatic heterocycles. The van der Waals surface area contributed by atoms with Gasteiger partial charge in [-0.1, -0.05) is 29.8 Å². The molecule has 24 heavy (non-hydrogen) atoms. The molecule has 0 fully saturated rings. The molecule has 3 N–H and O–H groups in total. The number of rotatable bonds is 7. The van der Waals surface area contributed by atoms with Gasteiger partial charge in [0.25, 0.3) is 11.8 Å². The summed E-state index contributed by atoms with van der Waals surface area (Å²) >= 11 is 6.11. The Kier molecular flexibility index (Phi) is 6.26. The Balaban J connectivity index is 2.11. The summed E-state index contributed by atoms with van der Waals surface area (Å²) in [6, 6.07) is 9.03. The van der Waals surface area contributed by atoms with Crippen LogP contribution in [0.3, 0.4) is 0 Å². The third kappa shape index (κ3) is 4.29. The number of hydrogen-bond acceptors (Lipinski definition) is 3. The Bertz CT molecular complexity index is 728. The lowest BCUT2D eigenvalue weighted by Crippen LogP contribution is -2.23. The lowest BCUT2D eigenvalue weighted by molar-refractivity contribution is 0.0951. The lowest BCUT2D eigenvalue weighted by atomic mass is 10.2. The van der Waals surface area contributed by atoms with E-state index in [0.717, 1.165) is 5.56 Å². The molecular weight excluding hydrogens is 330 g/mol. The number of H-pyrrole nitrogens is 1. The van der Waals surface area contributed by atoms with Gasteiger partial charge < -0.3 is 20.4 Å². The second kappa shape index (κ2) is 8.40. The van der Waals surface area contributed by atoms with Crippen molar-refractivity contribution in [3.8, 4) is 5.75 Å². The monoisotopic (exact) mass is 349 g/mol. The van der Waals surface area contributed by atoms with E-state index in [2.05, 4.69) is 15.6 Å². The van der Waals surface area contributed by atoms with Crippen LogP contribution in [0, 0.1) is 0 Å². The lowest BCUT2D eigenvalue weighted by Gasteiger charge is -2.07. The third-order valence-corrected chi connectivity index (χ3v) is 3.77. The molecule has 6 nitrogen and oxygen atoms in total. The van der Waals surface area contributed by atoms with Gasteiger partial charge >= 0.3 is 0 Å². The molecular formula is C17H20ClN3O3. The van der Waals surface area contributed by atoms with E-state index in [4.69, 9.17) is 16.3 Å². The first-order valence-electron chi connectivity index (χ1n) is 7.66. The first-order chi connectivity index (χ1) is 11.6. The number of hydrogen-bond donors (Lipinski definition) is 3. The molecule has 0 unspecified atom stereocenters. The second-order valence-corrected chi connectivity index (χ2v) is 5.46. The Labute approximate surface area is 145 Å². The van der Waals surface area contributed by atoms with Crippen LogP contribution in [0.1, 0.15) is 33.5 Å². The van der Waals surface area contributed by atoms with Crippen LogP contribution in [0.4, 0.5) is 0 Å². The van der Waals surface area contributed by atoms with Gasteiger partial charge in [-0.25, -0.2) is 0 Å². The minimum atomic E-state index is -0.349. The predicted octanol–water partition coefficient (Wildman–Crippen LogP) is 2.40. The Morgan fingerprint density at radius 2 is 2.00 bits per heavy atom. The van der Waals surface area contributed by atoms with Crippen LogP contribution >= 0.6 is 11.6 Å².